The first-order valence-electron chi connectivity index (χ1n) is 6.00. The van der Waals surface area contributed by atoms with Crippen molar-refractivity contribution in [2.75, 3.05) is 6.61 Å². The summed E-state index contributed by atoms with van der Waals surface area (Å²) in [7, 11) is 0. The fourth-order valence-corrected chi connectivity index (χ4v) is 2.53. The second-order valence-corrected chi connectivity index (χ2v) is 4.69. The number of aromatic nitrogens is 2. The van der Waals surface area contributed by atoms with Crippen LogP contribution in [0.4, 0.5) is 0 Å². The van der Waals surface area contributed by atoms with Crippen LogP contribution in [0.5, 0.6) is 0 Å². The molecule has 0 saturated carbocycles. The third-order valence-electron chi connectivity index (χ3n) is 3.29. The van der Waals surface area contributed by atoms with E-state index in [-0.39, 0.29) is 6.04 Å². The Morgan fingerprint density at radius 3 is 2.81 bits per heavy atom. The normalized spacial score (nSPS) is 22.6. The van der Waals surface area contributed by atoms with Crippen molar-refractivity contribution < 1.29 is 4.74 Å². The molecule has 4 nitrogen and oxygen atoms in total. The molecule has 1 aromatic rings. The van der Waals surface area contributed by atoms with Gasteiger partial charge in [0.05, 0.1) is 18.3 Å². The van der Waals surface area contributed by atoms with Gasteiger partial charge in [-0.3, -0.25) is 4.68 Å². The molecule has 4 heteroatoms. The Hall–Kier alpha value is -0.870. The summed E-state index contributed by atoms with van der Waals surface area (Å²) in [4.78, 5) is 0. The summed E-state index contributed by atoms with van der Waals surface area (Å²) >= 11 is 0. The molecule has 0 radical (unpaired) electrons. The van der Waals surface area contributed by atoms with Crippen molar-refractivity contribution in [3.63, 3.8) is 0 Å². The average Bonchev–Trinajstić information content (AvgIpc) is 2.76. The van der Waals surface area contributed by atoms with Gasteiger partial charge in [0, 0.05) is 23.9 Å². The molecule has 0 aromatic carbocycles. The van der Waals surface area contributed by atoms with E-state index in [0.717, 1.165) is 25.3 Å². The van der Waals surface area contributed by atoms with Crippen LogP contribution in [0.1, 0.15) is 42.8 Å². The number of ether oxygens (including phenoxy) is 1. The zero-order valence-electron chi connectivity index (χ0n) is 10.4. The van der Waals surface area contributed by atoms with Crippen molar-refractivity contribution in [2.45, 2.75) is 52.3 Å². The van der Waals surface area contributed by atoms with E-state index in [1.165, 1.54) is 17.7 Å². The van der Waals surface area contributed by atoms with E-state index in [9.17, 15) is 0 Å². The van der Waals surface area contributed by atoms with Crippen LogP contribution in [0.3, 0.4) is 0 Å². The quantitative estimate of drug-likeness (QED) is 0.848. The van der Waals surface area contributed by atoms with Crippen LogP contribution in [-0.2, 0) is 11.3 Å². The van der Waals surface area contributed by atoms with Gasteiger partial charge in [-0.2, -0.15) is 5.10 Å². The maximum atomic E-state index is 5.95. The minimum atomic E-state index is 0.0539. The predicted octanol–water partition coefficient (Wildman–Crippen LogP) is 1.70. The largest absolute Gasteiger partial charge is 0.376 e. The molecule has 2 atom stereocenters. The van der Waals surface area contributed by atoms with Gasteiger partial charge in [-0.1, -0.05) is 0 Å². The molecule has 0 bridgehead atoms. The van der Waals surface area contributed by atoms with Crippen molar-refractivity contribution in [3.8, 4) is 0 Å². The van der Waals surface area contributed by atoms with Gasteiger partial charge in [0.15, 0.2) is 0 Å². The van der Waals surface area contributed by atoms with Gasteiger partial charge in [-0.15, -0.1) is 0 Å². The van der Waals surface area contributed by atoms with Crippen LogP contribution in [0, 0.1) is 13.8 Å². The van der Waals surface area contributed by atoms with Gasteiger partial charge in [0.2, 0.25) is 0 Å². The fraction of sp³-hybridized carbons (Fsp3) is 0.750. The maximum Gasteiger partial charge on any atom is 0.0771 e. The van der Waals surface area contributed by atoms with E-state index in [1.54, 1.807) is 0 Å². The van der Waals surface area contributed by atoms with Crippen molar-refractivity contribution >= 4 is 0 Å². The number of nitrogens with two attached hydrogens (primary N) is 1. The van der Waals surface area contributed by atoms with Gasteiger partial charge in [-0.05, 0) is 33.6 Å². The SMILES string of the molecule is Cc1nn(CC2CCCO2)c(C)c1C(C)N. The first-order valence-corrected chi connectivity index (χ1v) is 6.00. The molecular weight excluding hydrogens is 202 g/mol. The monoisotopic (exact) mass is 223 g/mol. The summed E-state index contributed by atoms with van der Waals surface area (Å²) in [5, 5.41) is 4.55. The molecule has 0 spiro atoms. The second kappa shape index (κ2) is 4.55. The zero-order chi connectivity index (χ0) is 11.7. The number of nitrogens with zero attached hydrogens (tertiary/aromatic N) is 2. The van der Waals surface area contributed by atoms with Crippen molar-refractivity contribution in [1.29, 1.82) is 0 Å². The molecule has 1 saturated heterocycles. The summed E-state index contributed by atoms with van der Waals surface area (Å²) in [6.45, 7) is 7.88. The molecule has 1 aliphatic rings. The van der Waals surface area contributed by atoms with E-state index in [1.807, 2.05) is 18.5 Å². The second-order valence-electron chi connectivity index (χ2n) is 4.69. The van der Waals surface area contributed by atoms with Gasteiger partial charge in [0.1, 0.15) is 0 Å². The topological polar surface area (TPSA) is 53.1 Å². The maximum absolute atomic E-state index is 5.95. The Kier molecular flexibility index (Phi) is 3.30. The molecule has 2 rings (SSSR count). The highest BCUT2D eigenvalue weighted by Crippen LogP contribution is 2.21. The number of aryl methyl sites for hydroxylation is 1. The minimum absolute atomic E-state index is 0.0539. The van der Waals surface area contributed by atoms with E-state index >= 15 is 0 Å². The van der Waals surface area contributed by atoms with Crippen molar-refractivity contribution in [1.82, 2.24) is 9.78 Å². The Balaban J connectivity index is 2.18. The van der Waals surface area contributed by atoms with Crippen molar-refractivity contribution in [2.24, 2.45) is 5.73 Å². The van der Waals surface area contributed by atoms with Gasteiger partial charge < -0.3 is 10.5 Å². The Morgan fingerprint density at radius 1 is 1.56 bits per heavy atom. The third-order valence-corrected chi connectivity index (χ3v) is 3.29. The molecule has 0 aliphatic carbocycles. The predicted molar refractivity (Wildman–Crippen MR) is 63.3 cm³/mol. The molecule has 1 fully saturated rings. The first kappa shape index (κ1) is 11.6. The van der Waals surface area contributed by atoms with Crippen LogP contribution < -0.4 is 5.73 Å². The van der Waals surface area contributed by atoms with Gasteiger partial charge in [-0.25, -0.2) is 0 Å². The van der Waals surface area contributed by atoms with Crippen LogP contribution >= 0.6 is 0 Å². The average molecular weight is 223 g/mol. The molecule has 2 unspecified atom stereocenters. The summed E-state index contributed by atoms with van der Waals surface area (Å²) in [6.07, 6.45) is 2.65. The summed E-state index contributed by atoms with van der Waals surface area (Å²) in [6, 6.07) is 0.0539. The van der Waals surface area contributed by atoms with E-state index in [0.29, 0.717) is 6.10 Å². The number of rotatable bonds is 3. The highest BCUT2D eigenvalue weighted by atomic mass is 16.5. The van der Waals surface area contributed by atoms with Crippen molar-refractivity contribution in [3.05, 3.63) is 17.0 Å². The lowest BCUT2D eigenvalue weighted by Gasteiger charge is -2.11. The molecule has 1 aliphatic heterocycles. The third kappa shape index (κ3) is 2.13. The smallest absolute Gasteiger partial charge is 0.0771 e. The Bertz CT molecular complexity index is 365. The lowest BCUT2D eigenvalue weighted by Crippen LogP contribution is -2.17. The molecule has 2 N–H and O–H groups in total. The Labute approximate surface area is 96.8 Å². The van der Waals surface area contributed by atoms with Crippen LogP contribution in [-0.4, -0.2) is 22.5 Å². The van der Waals surface area contributed by atoms with Gasteiger partial charge in [0.25, 0.3) is 0 Å². The van der Waals surface area contributed by atoms with Crippen LogP contribution in [0.25, 0.3) is 0 Å². The minimum Gasteiger partial charge on any atom is -0.376 e. The van der Waals surface area contributed by atoms with E-state index < -0.39 is 0 Å². The summed E-state index contributed by atoms with van der Waals surface area (Å²) in [5.74, 6) is 0. The van der Waals surface area contributed by atoms with Gasteiger partial charge >= 0.3 is 0 Å². The number of hydrogen-bond donors (Lipinski definition) is 1. The Morgan fingerprint density at radius 2 is 2.31 bits per heavy atom. The molecular formula is C12H21N3O. The molecule has 2 heterocycles. The zero-order valence-corrected chi connectivity index (χ0v) is 10.4. The lowest BCUT2D eigenvalue weighted by molar-refractivity contribution is 0.0933. The molecule has 0 amide bonds. The van der Waals surface area contributed by atoms with Crippen LogP contribution in [0.2, 0.25) is 0 Å². The van der Waals surface area contributed by atoms with E-state index in [4.69, 9.17) is 10.5 Å². The number of hydrogen-bond acceptors (Lipinski definition) is 3. The molecule has 90 valence electrons. The summed E-state index contributed by atoms with van der Waals surface area (Å²) in [5.41, 5.74) is 9.36. The first-order chi connectivity index (χ1) is 7.59. The van der Waals surface area contributed by atoms with E-state index in [2.05, 4.69) is 12.0 Å². The standard InChI is InChI=1S/C12H21N3O/c1-8(13)12-9(2)14-15(10(12)3)7-11-5-4-6-16-11/h8,11H,4-7,13H2,1-3H3. The highest BCUT2D eigenvalue weighted by Gasteiger charge is 2.20. The highest BCUT2D eigenvalue weighted by molar-refractivity contribution is 5.27. The molecule has 1 aromatic heterocycles. The fourth-order valence-electron chi connectivity index (χ4n) is 2.53. The lowest BCUT2D eigenvalue weighted by atomic mass is 10.1. The summed E-state index contributed by atoms with van der Waals surface area (Å²) < 4.78 is 7.68. The van der Waals surface area contributed by atoms with Crippen LogP contribution in [0.15, 0.2) is 0 Å². The molecule has 16 heavy (non-hydrogen) atoms.